The summed E-state index contributed by atoms with van der Waals surface area (Å²) in [4.78, 5) is 12.1. The van der Waals surface area contributed by atoms with Gasteiger partial charge in [0, 0.05) is 5.56 Å². The van der Waals surface area contributed by atoms with E-state index in [0.717, 1.165) is 12.8 Å². The first-order chi connectivity index (χ1) is 8.11. The normalized spacial score (nSPS) is 23.7. The van der Waals surface area contributed by atoms with E-state index in [4.69, 9.17) is 21.1 Å². The summed E-state index contributed by atoms with van der Waals surface area (Å²) in [6.45, 7) is 1.98. The zero-order valence-electron chi connectivity index (χ0n) is 9.90. The summed E-state index contributed by atoms with van der Waals surface area (Å²) in [5.74, 6) is 0.572. The Hall–Kier alpha value is -1.06. The molecule has 1 aromatic carbocycles. The van der Waals surface area contributed by atoms with Crippen molar-refractivity contribution >= 4 is 17.4 Å². The maximum atomic E-state index is 12.1. The maximum Gasteiger partial charge on any atom is 0.191 e. The number of ketones is 1. The number of methoxy groups -OCH3 is 1. The highest BCUT2D eigenvalue weighted by atomic mass is 35.5. The summed E-state index contributed by atoms with van der Waals surface area (Å²) in [7, 11) is 1.55. The van der Waals surface area contributed by atoms with Crippen molar-refractivity contribution in [1.29, 1.82) is 0 Å². The van der Waals surface area contributed by atoms with Gasteiger partial charge in [0.2, 0.25) is 0 Å². The van der Waals surface area contributed by atoms with Crippen LogP contribution in [0.1, 0.15) is 30.1 Å². The standard InChI is InChI=1S/C13H15ClO3/c1-8-3-5-12(17-8)13(15)9-4-6-11(16-2)10(14)7-9/h4,6-8,12H,3,5H2,1-2H3. The van der Waals surface area contributed by atoms with Crippen LogP contribution >= 0.6 is 11.6 Å². The largest absolute Gasteiger partial charge is 0.495 e. The van der Waals surface area contributed by atoms with Crippen LogP contribution in [0.4, 0.5) is 0 Å². The number of carbonyl (C=O) groups is 1. The highest BCUT2D eigenvalue weighted by Crippen LogP contribution is 2.28. The Morgan fingerprint density at radius 2 is 2.24 bits per heavy atom. The Morgan fingerprint density at radius 1 is 1.47 bits per heavy atom. The van der Waals surface area contributed by atoms with Crippen LogP contribution in [0.5, 0.6) is 5.75 Å². The van der Waals surface area contributed by atoms with Crippen molar-refractivity contribution < 1.29 is 14.3 Å². The monoisotopic (exact) mass is 254 g/mol. The molecule has 0 N–H and O–H groups in total. The van der Waals surface area contributed by atoms with Gasteiger partial charge in [0.05, 0.1) is 18.2 Å². The smallest absolute Gasteiger partial charge is 0.191 e. The maximum absolute atomic E-state index is 12.1. The van der Waals surface area contributed by atoms with Gasteiger partial charge in [-0.3, -0.25) is 4.79 Å². The molecular weight excluding hydrogens is 240 g/mol. The fourth-order valence-corrected chi connectivity index (χ4v) is 2.26. The van der Waals surface area contributed by atoms with Crippen LogP contribution in [-0.2, 0) is 4.74 Å². The minimum Gasteiger partial charge on any atom is -0.495 e. The second-order valence-electron chi connectivity index (χ2n) is 4.23. The van der Waals surface area contributed by atoms with E-state index in [2.05, 4.69) is 0 Å². The fraction of sp³-hybridized carbons (Fsp3) is 0.462. The van der Waals surface area contributed by atoms with Crippen LogP contribution in [-0.4, -0.2) is 25.1 Å². The summed E-state index contributed by atoms with van der Waals surface area (Å²) in [6.07, 6.45) is 1.55. The molecule has 1 saturated heterocycles. The molecule has 17 heavy (non-hydrogen) atoms. The molecule has 3 nitrogen and oxygen atoms in total. The van der Waals surface area contributed by atoms with Crippen LogP contribution in [0, 0.1) is 0 Å². The first kappa shape index (κ1) is 12.4. The Morgan fingerprint density at radius 3 is 2.76 bits per heavy atom. The molecule has 1 aromatic rings. The second kappa shape index (κ2) is 5.07. The SMILES string of the molecule is COc1ccc(C(=O)C2CCC(C)O2)cc1Cl. The van der Waals surface area contributed by atoms with Crippen molar-refractivity contribution in [1.82, 2.24) is 0 Å². The van der Waals surface area contributed by atoms with Crippen LogP contribution in [0.25, 0.3) is 0 Å². The quantitative estimate of drug-likeness (QED) is 0.778. The molecular formula is C13H15ClO3. The third-order valence-corrected chi connectivity index (χ3v) is 3.26. The topological polar surface area (TPSA) is 35.5 Å². The van der Waals surface area contributed by atoms with Gasteiger partial charge in [0.15, 0.2) is 5.78 Å². The molecule has 0 aliphatic carbocycles. The van der Waals surface area contributed by atoms with Crippen molar-refractivity contribution in [3.8, 4) is 5.75 Å². The Balaban J connectivity index is 2.17. The molecule has 2 unspecified atom stereocenters. The molecule has 2 rings (SSSR count). The van der Waals surface area contributed by atoms with Crippen LogP contribution in [0.2, 0.25) is 5.02 Å². The molecule has 0 spiro atoms. The van der Waals surface area contributed by atoms with Gasteiger partial charge < -0.3 is 9.47 Å². The summed E-state index contributed by atoms with van der Waals surface area (Å²) < 4.78 is 10.6. The number of halogens is 1. The van der Waals surface area contributed by atoms with E-state index in [1.54, 1.807) is 25.3 Å². The van der Waals surface area contributed by atoms with E-state index in [1.807, 2.05) is 6.92 Å². The summed E-state index contributed by atoms with van der Waals surface area (Å²) in [5.41, 5.74) is 0.579. The van der Waals surface area contributed by atoms with Gasteiger partial charge in [-0.2, -0.15) is 0 Å². The van der Waals surface area contributed by atoms with E-state index in [0.29, 0.717) is 16.3 Å². The van der Waals surface area contributed by atoms with Gasteiger partial charge in [-0.1, -0.05) is 11.6 Å². The van der Waals surface area contributed by atoms with Crippen molar-refractivity contribution in [2.75, 3.05) is 7.11 Å². The molecule has 92 valence electrons. The predicted molar refractivity (Wildman–Crippen MR) is 65.9 cm³/mol. The number of benzene rings is 1. The lowest BCUT2D eigenvalue weighted by Crippen LogP contribution is -2.20. The fourth-order valence-electron chi connectivity index (χ4n) is 2.00. The van der Waals surface area contributed by atoms with Crippen LogP contribution in [0.15, 0.2) is 18.2 Å². The van der Waals surface area contributed by atoms with E-state index in [1.165, 1.54) is 0 Å². The lowest BCUT2D eigenvalue weighted by atomic mass is 10.0. The molecule has 4 heteroatoms. The minimum absolute atomic E-state index is 0.00102. The van der Waals surface area contributed by atoms with E-state index < -0.39 is 0 Å². The molecule has 1 aliphatic heterocycles. The molecule has 1 aliphatic rings. The summed E-state index contributed by atoms with van der Waals surface area (Å²) >= 11 is 5.99. The molecule has 0 bridgehead atoms. The Labute approximate surface area is 106 Å². The third kappa shape index (κ3) is 2.61. The predicted octanol–water partition coefficient (Wildman–Crippen LogP) is 3.10. The van der Waals surface area contributed by atoms with E-state index in [-0.39, 0.29) is 18.0 Å². The number of ether oxygens (including phenoxy) is 2. The van der Waals surface area contributed by atoms with Crippen LogP contribution < -0.4 is 4.74 Å². The Bertz CT molecular complexity index is 431. The van der Waals surface area contributed by atoms with Gasteiger partial charge in [0.25, 0.3) is 0 Å². The highest BCUT2D eigenvalue weighted by molar-refractivity contribution is 6.32. The van der Waals surface area contributed by atoms with Crippen molar-refractivity contribution in [3.05, 3.63) is 28.8 Å². The highest BCUT2D eigenvalue weighted by Gasteiger charge is 2.29. The van der Waals surface area contributed by atoms with Crippen molar-refractivity contribution in [3.63, 3.8) is 0 Å². The van der Waals surface area contributed by atoms with Gasteiger partial charge in [0.1, 0.15) is 11.9 Å². The van der Waals surface area contributed by atoms with E-state index in [9.17, 15) is 4.79 Å². The summed E-state index contributed by atoms with van der Waals surface area (Å²) in [6, 6.07) is 5.06. The molecule has 0 saturated carbocycles. The van der Waals surface area contributed by atoms with Crippen LogP contribution in [0.3, 0.4) is 0 Å². The first-order valence-electron chi connectivity index (χ1n) is 5.65. The molecule has 1 fully saturated rings. The first-order valence-corrected chi connectivity index (χ1v) is 6.03. The van der Waals surface area contributed by atoms with Crippen molar-refractivity contribution in [2.24, 2.45) is 0 Å². The second-order valence-corrected chi connectivity index (χ2v) is 4.63. The van der Waals surface area contributed by atoms with Gasteiger partial charge in [-0.05, 0) is 38.0 Å². The number of hydrogen-bond acceptors (Lipinski definition) is 3. The van der Waals surface area contributed by atoms with Gasteiger partial charge in [-0.15, -0.1) is 0 Å². The lowest BCUT2D eigenvalue weighted by Gasteiger charge is -2.11. The minimum atomic E-state index is -0.325. The zero-order chi connectivity index (χ0) is 12.4. The molecule has 0 aromatic heterocycles. The van der Waals surface area contributed by atoms with Gasteiger partial charge in [-0.25, -0.2) is 0 Å². The Kier molecular flexibility index (Phi) is 3.69. The van der Waals surface area contributed by atoms with E-state index >= 15 is 0 Å². The molecule has 0 radical (unpaired) electrons. The average Bonchev–Trinajstić information content (AvgIpc) is 2.75. The number of hydrogen-bond donors (Lipinski definition) is 0. The summed E-state index contributed by atoms with van der Waals surface area (Å²) in [5, 5.41) is 0.449. The van der Waals surface area contributed by atoms with Crippen molar-refractivity contribution in [2.45, 2.75) is 32.0 Å². The average molecular weight is 255 g/mol. The lowest BCUT2D eigenvalue weighted by molar-refractivity contribution is 0.0433. The molecule has 2 atom stereocenters. The third-order valence-electron chi connectivity index (χ3n) is 2.96. The van der Waals surface area contributed by atoms with Gasteiger partial charge >= 0.3 is 0 Å². The molecule has 1 heterocycles. The zero-order valence-corrected chi connectivity index (χ0v) is 10.7. The number of rotatable bonds is 3. The molecule has 0 amide bonds. The number of carbonyl (C=O) groups excluding carboxylic acids is 1. The number of Topliss-reactive ketones (excluding diaryl/α,β-unsaturated/α-hetero) is 1.